The number of rotatable bonds is 5. The topological polar surface area (TPSA) is 58.5 Å². The Kier molecular flexibility index (Phi) is 5.85. The van der Waals surface area contributed by atoms with Crippen molar-refractivity contribution in [3.05, 3.63) is 80.5 Å². The molecule has 3 aromatic rings. The van der Waals surface area contributed by atoms with Crippen molar-refractivity contribution in [2.24, 2.45) is 4.99 Å². The van der Waals surface area contributed by atoms with Gasteiger partial charge in [0.25, 0.3) is 0 Å². The Bertz CT molecular complexity index is 1050. The molecule has 136 valence electrons. The van der Waals surface area contributed by atoms with Crippen LogP contribution in [0, 0.1) is 25.2 Å². The average molecular weight is 399 g/mol. The van der Waals surface area contributed by atoms with Crippen molar-refractivity contribution in [2.45, 2.75) is 20.5 Å². The van der Waals surface area contributed by atoms with Crippen LogP contribution in [-0.2, 0) is 6.61 Å². The number of halogens is 2. The molecule has 0 amide bonds. The molecule has 0 spiro atoms. The Balaban J connectivity index is 1.82. The lowest BCUT2D eigenvalue weighted by atomic mass is 10.2. The Morgan fingerprint density at radius 3 is 2.70 bits per heavy atom. The molecule has 2 aromatic carbocycles. The van der Waals surface area contributed by atoms with Crippen LogP contribution in [0.4, 0.5) is 5.88 Å². The largest absolute Gasteiger partial charge is 0.488 e. The minimum Gasteiger partial charge on any atom is -0.488 e. The Morgan fingerprint density at radius 1 is 1.19 bits per heavy atom. The minimum absolute atomic E-state index is 0.294. The molecule has 0 fully saturated rings. The highest BCUT2D eigenvalue weighted by molar-refractivity contribution is 6.35. The number of aliphatic imine (C=N–C) groups is 1. The van der Waals surface area contributed by atoms with Gasteiger partial charge < -0.3 is 9.15 Å². The number of hydrogen-bond donors (Lipinski definition) is 0. The first kappa shape index (κ1) is 19.0. The first-order valence-electron chi connectivity index (χ1n) is 8.19. The van der Waals surface area contributed by atoms with Crippen molar-refractivity contribution in [1.29, 1.82) is 5.26 Å². The minimum atomic E-state index is 0.294. The molecule has 6 heteroatoms. The van der Waals surface area contributed by atoms with E-state index in [0.29, 0.717) is 39.6 Å². The molecular weight excluding hydrogens is 383 g/mol. The fraction of sp³-hybridized carbons (Fsp3) is 0.143. The normalized spacial score (nSPS) is 10.9. The third kappa shape index (κ3) is 4.33. The summed E-state index contributed by atoms with van der Waals surface area (Å²) in [4.78, 5) is 4.34. The lowest BCUT2D eigenvalue weighted by Crippen LogP contribution is -1.99. The first-order valence-corrected chi connectivity index (χ1v) is 8.95. The molecule has 0 unspecified atom stereocenters. The highest BCUT2D eigenvalue weighted by atomic mass is 35.5. The zero-order valence-electron chi connectivity index (χ0n) is 14.8. The maximum absolute atomic E-state index is 9.29. The van der Waals surface area contributed by atoms with Gasteiger partial charge in [-0.05, 0) is 38.1 Å². The van der Waals surface area contributed by atoms with E-state index in [9.17, 15) is 5.26 Å². The second-order valence-electron chi connectivity index (χ2n) is 5.90. The van der Waals surface area contributed by atoms with E-state index < -0.39 is 0 Å². The van der Waals surface area contributed by atoms with E-state index in [0.717, 1.165) is 16.7 Å². The summed E-state index contributed by atoms with van der Waals surface area (Å²) in [6, 6.07) is 14.9. The molecule has 0 aliphatic heterocycles. The molecule has 0 aliphatic carbocycles. The standard InChI is InChI=1S/C21H16Cl2N2O2/c1-13-14(2)27-21(18(13)10-24)25-11-15-5-3-4-6-20(15)26-12-16-7-8-17(22)9-19(16)23/h3-9,11H,12H2,1-2H3. The maximum Gasteiger partial charge on any atom is 0.237 e. The van der Waals surface area contributed by atoms with E-state index in [-0.39, 0.29) is 0 Å². The molecule has 0 atom stereocenters. The lowest BCUT2D eigenvalue weighted by molar-refractivity contribution is 0.306. The van der Waals surface area contributed by atoms with Crippen LogP contribution in [0.15, 0.2) is 51.9 Å². The van der Waals surface area contributed by atoms with E-state index in [2.05, 4.69) is 11.1 Å². The molecule has 0 saturated carbocycles. The summed E-state index contributed by atoms with van der Waals surface area (Å²) in [5, 5.41) is 10.4. The van der Waals surface area contributed by atoms with Gasteiger partial charge in [0.15, 0.2) is 0 Å². The van der Waals surface area contributed by atoms with Gasteiger partial charge in [-0.15, -0.1) is 0 Å². The molecule has 0 bridgehead atoms. The summed E-state index contributed by atoms with van der Waals surface area (Å²) in [5.74, 6) is 1.62. The second kappa shape index (κ2) is 8.30. The van der Waals surface area contributed by atoms with Crippen molar-refractivity contribution in [2.75, 3.05) is 0 Å². The lowest BCUT2D eigenvalue weighted by Gasteiger charge is -2.10. The summed E-state index contributed by atoms with van der Waals surface area (Å²) in [5.41, 5.74) is 2.83. The monoisotopic (exact) mass is 398 g/mol. The summed E-state index contributed by atoms with van der Waals surface area (Å²) in [6.45, 7) is 3.94. The highest BCUT2D eigenvalue weighted by Crippen LogP contribution is 2.29. The van der Waals surface area contributed by atoms with Crippen molar-refractivity contribution < 1.29 is 9.15 Å². The van der Waals surface area contributed by atoms with E-state index in [1.54, 1.807) is 18.3 Å². The smallest absolute Gasteiger partial charge is 0.237 e. The van der Waals surface area contributed by atoms with Gasteiger partial charge in [0.1, 0.15) is 29.7 Å². The number of aryl methyl sites for hydroxylation is 1. The number of ether oxygens (including phenoxy) is 1. The second-order valence-corrected chi connectivity index (χ2v) is 6.74. The van der Waals surface area contributed by atoms with Crippen LogP contribution in [0.3, 0.4) is 0 Å². The first-order chi connectivity index (χ1) is 13.0. The van der Waals surface area contributed by atoms with Crippen LogP contribution >= 0.6 is 23.2 Å². The Labute approximate surface area is 167 Å². The van der Waals surface area contributed by atoms with Gasteiger partial charge in [-0.25, -0.2) is 4.99 Å². The maximum atomic E-state index is 9.29. The molecule has 0 aliphatic rings. The zero-order chi connectivity index (χ0) is 19.4. The molecule has 3 rings (SSSR count). The van der Waals surface area contributed by atoms with E-state index in [1.165, 1.54) is 0 Å². The van der Waals surface area contributed by atoms with Gasteiger partial charge in [-0.3, -0.25) is 0 Å². The van der Waals surface area contributed by atoms with Crippen molar-refractivity contribution in [1.82, 2.24) is 0 Å². The fourth-order valence-electron chi connectivity index (χ4n) is 2.47. The number of hydrogen-bond acceptors (Lipinski definition) is 4. The predicted molar refractivity (Wildman–Crippen MR) is 107 cm³/mol. The molecule has 4 nitrogen and oxygen atoms in total. The van der Waals surface area contributed by atoms with Crippen LogP contribution < -0.4 is 4.74 Å². The summed E-state index contributed by atoms with van der Waals surface area (Å²) in [6.07, 6.45) is 1.62. The van der Waals surface area contributed by atoms with Crippen molar-refractivity contribution in [3.8, 4) is 11.8 Å². The third-order valence-electron chi connectivity index (χ3n) is 4.12. The van der Waals surface area contributed by atoms with E-state index in [1.807, 2.05) is 44.2 Å². The van der Waals surface area contributed by atoms with Gasteiger partial charge in [0.05, 0.1) is 0 Å². The van der Waals surface area contributed by atoms with Crippen molar-refractivity contribution >= 4 is 35.3 Å². The molecule has 0 saturated heterocycles. The van der Waals surface area contributed by atoms with Crippen LogP contribution in [0.2, 0.25) is 10.0 Å². The molecular formula is C21H16Cl2N2O2. The van der Waals surface area contributed by atoms with Gasteiger partial charge >= 0.3 is 0 Å². The van der Waals surface area contributed by atoms with E-state index in [4.69, 9.17) is 32.4 Å². The molecule has 1 heterocycles. The predicted octanol–water partition coefficient (Wildman–Crippen LogP) is 6.40. The van der Waals surface area contributed by atoms with Gasteiger partial charge in [-0.2, -0.15) is 5.26 Å². The van der Waals surface area contributed by atoms with Crippen LogP contribution in [0.1, 0.15) is 28.0 Å². The third-order valence-corrected chi connectivity index (χ3v) is 4.70. The number of benzene rings is 2. The quantitative estimate of drug-likeness (QED) is 0.466. The van der Waals surface area contributed by atoms with Crippen LogP contribution in [0.25, 0.3) is 0 Å². The summed E-state index contributed by atoms with van der Waals surface area (Å²) >= 11 is 12.1. The van der Waals surface area contributed by atoms with Crippen LogP contribution in [-0.4, -0.2) is 6.21 Å². The number of nitriles is 1. The Morgan fingerprint density at radius 2 is 1.96 bits per heavy atom. The van der Waals surface area contributed by atoms with Crippen LogP contribution in [0.5, 0.6) is 5.75 Å². The van der Waals surface area contributed by atoms with Gasteiger partial charge in [-0.1, -0.05) is 41.4 Å². The zero-order valence-corrected chi connectivity index (χ0v) is 16.3. The summed E-state index contributed by atoms with van der Waals surface area (Å²) < 4.78 is 11.5. The average Bonchev–Trinajstić information content (AvgIpc) is 2.93. The van der Waals surface area contributed by atoms with E-state index >= 15 is 0 Å². The number of nitrogens with zero attached hydrogens (tertiary/aromatic N) is 2. The highest BCUT2D eigenvalue weighted by Gasteiger charge is 2.13. The summed E-state index contributed by atoms with van der Waals surface area (Å²) in [7, 11) is 0. The Hall–Kier alpha value is -2.74. The molecule has 0 N–H and O–H groups in total. The molecule has 1 aromatic heterocycles. The number of furan rings is 1. The number of para-hydroxylation sites is 1. The SMILES string of the molecule is Cc1oc(N=Cc2ccccc2OCc2ccc(Cl)cc2Cl)c(C#N)c1C. The van der Waals surface area contributed by atoms with Crippen molar-refractivity contribution in [3.63, 3.8) is 0 Å². The van der Waals surface area contributed by atoms with Gasteiger partial charge in [0.2, 0.25) is 5.88 Å². The molecule has 0 radical (unpaired) electrons. The molecule has 27 heavy (non-hydrogen) atoms. The van der Waals surface area contributed by atoms with Gasteiger partial charge in [0, 0.05) is 33.0 Å². The fourth-order valence-corrected chi connectivity index (χ4v) is 2.94.